The summed E-state index contributed by atoms with van der Waals surface area (Å²) in [6.45, 7) is 3.13. The Morgan fingerprint density at radius 3 is 2.23 bits per heavy atom. The highest BCUT2D eigenvalue weighted by atomic mass is 32.1. The van der Waals surface area contributed by atoms with Crippen molar-refractivity contribution in [2.75, 3.05) is 18.4 Å². The minimum atomic E-state index is -0.102. The van der Waals surface area contributed by atoms with Crippen LogP contribution in [0.2, 0.25) is 0 Å². The monoisotopic (exact) mass is 425 g/mol. The summed E-state index contributed by atoms with van der Waals surface area (Å²) in [5.74, 6) is 0. The highest BCUT2D eigenvalue weighted by molar-refractivity contribution is 7.13. The first kappa shape index (κ1) is 20.0. The lowest BCUT2D eigenvalue weighted by Gasteiger charge is -2.43. The van der Waals surface area contributed by atoms with Crippen molar-refractivity contribution in [1.82, 2.24) is 9.88 Å². The van der Waals surface area contributed by atoms with Crippen LogP contribution in [0.5, 0.6) is 0 Å². The maximum atomic E-state index is 4.83. The van der Waals surface area contributed by atoms with Crippen LogP contribution < -0.4 is 5.32 Å². The Hall–Kier alpha value is -2.95. The molecule has 156 valence electrons. The predicted molar refractivity (Wildman–Crippen MR) is 130 cm³/mol. The van der Waals surface area contributed by atoms with Crippen LogP contribution in [0.15, 0.2) is 96.5 Å². The van der Waals surface area contributed by atoms with Crippen molar-refractivity contribution in [3.05, 3.63) is 108 Å². The summed E-state index contributed by atoms with van der Waals surface area (Å²) in [4.78, 5) is 8.61. The number of benzene rings is 2. The number of nitrogens with one attached hydrogen (secondary N) is 1. The van der Waals surface area contributed by atoms with Crippen molar-refractivity contribution in [3.63, 3.8) is 0 Å². The van der Waals surface area contributed by atoms with E-state index < -0.39 is 0 Å². The zero-order valence-corrected chi connectivity index (χ0v) is 18.4. The topological polar surface area (TPSA) is 28.2 Å². The van der Waals surface area contributed by atoms with Gasteiger partial charge in [0, 0.05) is 31.5 Å². The van der Waals surface area contributed by atoms with Crippen molar-refractivity contribution in [2.45, 2.75) is 24.9 Å². The Morgan fingerprint density at radius 1 is 0.839 bits per heavy atom. The third-order valence-corrected chi connectivity index (χ3v) is 7.10. The number of nitrogens with zero attached hydrogens (tertiary/aromatic N) is 2. The zero-order valence-electron chi connectivity index (χ0n) is 17.6. The predicted octanol–water partition coefficient (Wildman–Crippen LogP) is 6.41. The van der Waals surface area contributed by atoms with Gasteiger partial charge in [-0.25, -0.2) is 0 Å². The molecular weight excluding hydrogens is 398 g/mol. The molecule has 0 saturated carbocycles. The second-order valence-corrected chi connectivity index (χ2v) is 9.19. The molecule has 1 aliphatic heterocycles. The Bertz CT molecular complexity index is 1070. The summed E-state index contributed by atoms with van der Waals surface area (Å²) in [6, 6.07) is 30.0. The van der Waals surface area contributed by atoms with E-state index >= 15 is 0 Å². The van der Waals surface area contributed by atoms with E-state index in [-0.39, 0.29) is 5.54 Å². The number of thiophene rings is 1. The fourth-order valence-electron chi connectivity index (χ4n) is 4.47. The van der Waals surface area contributed by atoms with Crippen LogP contribution in [0.25, 0.3) is 10.6 Å². The van der Waals surface area contributed by atoms with Gasteiger partial charge in [-0.15, -0.1) is 11.3 Å². The lowest BCUT2D eigenvalue weighted by molar-refractivity contribution is 0.166. The Kier molecular flexibility index (Phi) is 5.83. The van der Waals surface area contributed by atoms with Gasteiger partial charge in [0.15, 0.2) is 0 Å². The summed E-state index contributed by atoms with van der Waals surface area (Å²) in [6.07, 6.45) is 4.18. The fourth-order valence-corrected chi connectivity index (χ4v) is 5.17. The molecule has 31 heavy (non-hydrogen) atoms. The first-order chi connectivity index (χ1) is 15.3. The lowest BCUT2D eigenvalue weighted by Crippen LogP contribution is -2.47. The molecule has 0 bridgehead atoms. The van der Waals surface area contributed by atoms with E-state index in [4.69, 9.17) is 4.98 Å². The molecule has 0 unspecified atom stereocenters. The van der Waals surface area contributed by atoms with Gasteiger partial charge in [-0.05, 0) is 53.6 Å². The molecular formula is C27H27N3S. The second-order valence-electron chi connectivity index (χ2n) is 8.24. The highest BCUT2D eigenvalue weighted by Gasteiger charge is 2.36. The number of likely N-dealkylation sites (tertiary alicyclic amines) is 1. The van der Waals surface area contributed by atoms with Gasteiger partial charge >= 0.3 is 0 Å². The number of para-hydroxylation sites is 1. The van der Waals surface area contributed by atoms with E-state index in [1.165, 1.54) is 21.7 Å². The van der Waals surface area contributed by atoms with Gasteiger partial charge in [-0.2, -0.15) is 0 Å². The summed E-state index contributed by atoms with van der Waals surface area (Å²) < 4.78 is 0. The van der Waals surface area contributed by atoms with Gasteiger partial charge in [-0.3, -0.25) is 9.88 Å². The fraction of sp³-hybridized carbons (Fsp3) is 0.222. The molecule has 1 fully saturated rings. The number of rotatable bonds is 6. The van der Waals surface area contributed by atoms with Crippen molar-refractivity contribution in [3.8, 4) is 10.6 Å². The van der Waals surface area contributed by atoms with Gasteiger partial charge in [0.25, 0.3) is 0 Å². The number of hydrogen-bond acceptors (Lipinski definition) is 4. The number of anilines is 1. The molecule has 1 N–H and O–H groups in total. The molecule has 0 atom stereocenters. The molecule has 0 amide bonds. The van der Waals surface area contributed by atoms with Crippen LogP contribution in [0.1, 0.15) is 24.0 Å². The summed E-state index contributed by atoms with van der Waals surface area (Å²) >= 11 is 1.74. The van der Waals surface area contributed by atoms with Gasteiger partial charge in [0.05, 0.1) is 16.1 Å². The van der Waals surface area contributed by atoms with Crippen molar-refractivity contribution in [2.24, 2.45) is 0 Å². The van der Waals surface area contributed by atoms with Crippen LogP contribution in [-0.4, -0.2) is 23.0 Å². The summed E-state index contributed by atoms with van der Waals surface area (Å²) in [5, 5.41) is 5.99. The molecule has 0 radical (unpaired) electrons. The van der Waals surface area contributed by atoms with Crippen LogP contribution in [-0.2, 0) is 12.1 Å². The standard InChI is InChI=1S/C27H27N3S/c1-3-8-22(9-4-1)21-30-17-15-27(16-18-30,29-24-10-5-2-6-11-24)23-13-14-25(28-20-23)26-12-7-19-31-26/h1-14,19-20,29H,15-18,21H2. The third kappa shape index (κ3) is 4.55. The van der Waals surface area contributed by atoms with Crippen LogP contribution >= 0.6 is 11.3 Å². The molecule has 1 aliphatic rings. The van der Waals surface area contributed by atoms with Crippen molar-refractivity contribution in [1.29, 1.82) is 0 Å². The molecule has 0 aliphatic carbocycles. The largest absolute Gasteiger partial charge is 0.375 e. The average Bonchev–Trinajstić information content (AvgIpc) is 3.37. The zero-order chi connectivity index (χ0) is 20.9. The van der Waals surface area contributed by atoms with Crippen LogP contribution in [0.4, 0.5) is 5.69 Å². The molecule has 3 heterocycles. The van der Waals surface area contributed by atoms with Crippen molar-refractivity contribution < 1.29 is 0 Å². The Balaban J connectivity index is 1.38. The minimum absolute atomic E-state index is 0.102. The molecule has 4 heteroatoms. The second kappa shape index (κ2) is 9.04. The third-order valence-electron chi connectivity index (χ3n) is 6.21. The highest BCUT2D eigenvalue weighted by Crippen LogP contribution is 2.37. The smallest absolute Gasteiger partial charge is 0.0801 e. The normalized spacial score (nSPS) is 16.1. The van der Waals surface area contributed by atoms with Gasteiger partial charge < -0.3 is 5.32 Å². The van der Waals surface area contributed by atoms with Crippen LogP contribution in [0.3, 0.4) is 0 Å². The van der Waals surface area contributed by atoms with Crippen molar-refractivity contribution >= 4 is 17.0 Å². The molecule has 4 aromatic rings. The molecule has 0 spiro atoms. The quantitative estimate of drug-likeness (QED) is 0.387. The summed E-state index contributed by atoms with van der Waals surface area (Å²) in [7, 11) is 0. The maximum Gasteiger partial charge on any atom is 0.0801 e. The van der Waals surface area contributed by atoms with E-state index in [9.17, 15) is 0 Å². The molecule has 2 aromatic heterocycles. The van der Waals surface area contributed by atoms with E-state index in [1.54, 1.807) is 11.3 Å². The number of aromatic nitrogens is 1. The van der Waals surface area contributed by atoms with Crippen LogP contribution in [0, 0.1) is 0 Å². The summed E-state index contributed by atoms with van der Waals surface area (Å²) in [5.41, 5.74) is 4.77. The SMILES string of the molecule is c1ccc(CN2CCC(Nc3ccccc3)(c3ccc(-c4cccs4)nc3)CC2)cc1. The molecule has 3 nitrogen and oxygen atoms in total. The van der Waals surface area contributed by atoms with E-state index in [0.717, 1.165) is 38.2 Å². The Labute approximate surface area is 188 Å². The first-order valence-electron chi connectivity index (χ1n) is 10.9. The average molecular weight is 426 g/mol. The molecule has 5 rings (SSSR count). The van der Waals surface area contributed by atoms with Gasteiger partial charge in [-0.1, -0.05) is 60.7 Å². The number of piperidine rings is 1. The van der Waals surface area contributed by atoms with Gasteiger partial charge in [0.1, 0.15) is 0 Å². The van der Waals surface area contributed by atoms with Gasteiger partial charge in [0.2, 0.25) is 0 Å². The molecule has 2 aromatic carbocycles. The lowest BCUT2D eigenvalue weighted by atomic mass is 9.81. The van der Waals surface area contributed by atoms with E-state index in [2.05, 4.69) is 107 Å². The van der Waals surface area contributed by atoms with E-state index in [0.29, 0.717) is 0 Å². The number of hydrogen-bond donors (Lipinski definition) is 1. The Morgan fingerprint density at radius 2 is 1.58 bits per heavy atom. The molecule has 1 saturated heterocycles. The van der Waals surface area contributed by atoms with E-state index in [1.807, 2.05) is 0 Å². The maximum absolute atomic E-state index is 4.83. The number of pyridine rings is 1. The first-order valence-corrected chi connectivity index (χ1v) is 11.8. The minimum Gasteiger partial charge on any atom is -0.375 e.